The number of rotatable bonds is 2. The molecule has 81 heavy (non-hydrogen) atoms. The fourth-order valence-electron chi connectivity index (χ4n) is 15.0. The van der Waals surface area contributed by atoms with Gasteiger partial charge >= 0.3 is 0 Å². The third-order valence-electron chi connectivity index (χ3n) is 18.2. The van der Waals surface area contributed by atoms with Crippen molar-refractivity contribution >= 4 is 73.9 Å². The van der Waals surface area contributed by atoms with Gasteiger partial charge < -0.3 is 33.6 Å². The Balaban J connectivity index is 0.952. The van der Waals surface area contributed by atoms with Crippen molar-refractivity contribution in [3.8, 4) is 79.4 Å². The van der Waals surface area contributed by atoms with Crippen LogP contribution in [-0.2, 0) is 5.41 Å². The summed E-state index contributed by atoms with van der Waals surface area (Å²) in [7, 11) is 0. The van der Waals surface area contributed by atoms with Gasteiger partial charge in [-0.1, -0.05) is 103 Å². The van der Waals surface area contributed by atoms with E-state index in [2.05, 4.69) is 263 Å². The molecule has 0 amide bonds. The number of hydrogen-bond donors (Lipinski definition) is 0. The molecule has 2 spiro atoms. The van der Waals surface area contributed by atoms with Crippen molar-refractivity contribution in [3.63, 3.8) is 0 Å². The summed E-state index contributed by atoms with van der Waals surface area (Å²) in [6.45, 7) is 0. The van der Waals surface area contributed by atoms with Crippen molar-refractivity contribution in [1.29, 1.82) is 0 Å². The van der Waals surface area contributed by atoms with Gasteiger partial charge in [-0.25, -0.2) is 0 Å². The van der Waals surface area contributed by atoms with Crippen LogP contribution in [0.1, 0.15) is 22.3 Å². The first kappa shape index (κ1) is 42.2. The highest BCUT2D eigenvalue weighted by atomic mass is 16.5. The van der Waals surface area contributed by atoms with Crippen LogP contribution in [0.3, 0.4) is 0 Å². The van der Waals surface area contributed by atoms with Gasteiger partial charge in [-0.05, 0) is 177 Å². The van der Waals surface area contributed by atoms with E-state index < -0.39 is 5.41 Å². The van der Waals surface area contributed by atoms with Gasteiger partial charge in [0, 0.05) is 40.8 Å². The molecule has 2 unspecified atom stereocenters. The maximum absolute atomic E-state index is 7.03. The first-order valence-electron chi connectivity index (χ1n) is 27.6. The molecular weight excluding hydrogens is 997 g/mol. The Morgan fingerprint density at radius 1 is 0.272 bits per heavy atom. The van der Waals surface area contributed by atoms with Gasteiger partial charge in [-0.2, -0.15) is 4.48 Å². The summed E-state index contributed by atoms with van der Waals surface area (Å²) in [5.74, 6) is 6.51. The Morgan fingerprint density at radius 2 is 0.642 bits per heavy atom. The number of para-hydroxylation sites is 12. The van der Waals surface area contributed by atoms with Crippen LogP contribution in [-0.4, -0.2) is 0 Å². The van der Waals surface area contributed by atoms with E-state index in [0.717, 1.165) is 120 Å². The maximum Gasteiger partial charge on any atom is 0.216 e. The molecule has 6 heterocycles. The number of nitrogens with zero attached hydrogens (tertiary/aromatic N) is 4. The minimum absolute atomic E-state index is 0.434. The van der Waals surface area contributed by atoms with Crippen molar-refractivity contribution in [2.24, 2.45) is 0 Å². The molecule has 8 aliphatic rings. The molecular formula is C73H41N4O4+. The number of hydrogen-bond acceptors (Lipinski definition) is 7. The molecule has 376 valence electrons. The maximum atomic E-state index is 7.03. The minimum atomic E-state index is -0.896. The second kappa shape index (κ2) is 14.7. The largest absolute Gasteiger partial charge is 0.453 e. The lowest BCUT2D eigenvalue weighted by molar-refractivity contribution is 0.454. The number of anilines is 9. The Labute approximate surface area is 465 Å². The summed E-state index contributed by atoms with van der Waals surface area (Å²) in [5.41, 5.74) is 24.6. The third-order valence-corrected chi connectivity index (χ3v) is 18.2. The molecule has 12 aromatic rings. The Kier molecular flexibility index (Phi) is 7.64. The molecule has 8 heteroatoms. The van der Waals surface area contributed by atoms with Gasteiger partial charge in [0.1, 0.15) is 0 Å². The SMILES string of the molecule is c1ccc2c(c1)Oc1ccccc1N2c1ccc2c(c1)C13c4cc(ccc4-2)N2c4ccccc4Oc4ccc(cc42)-c2ccc4c(c2)[N+]2(c5ccccc5O4)c4ccc(c1c42)-c1ccc(N2c4ccccc4Oc4ccccc42)cc13. The van der Waals surface area contributed by atoms with E-state index in [4.69, 9.17) is 18.9 Å². The van der Waals surface area contributed by atoms with Crippen molar-refractivity contribution in [2.45, 2.75) is 5.41 Å². The first-order chi connectivity index (χ1) is 40.1. The highest BCUT2D eigenvalue weighted by molar-refractivity contribution is 6.14. The molecule has 0 N–H and O–H groups in total. The highest BCUT2D eigenvalue weighted by Crippen LogP contribution is 2.80. The summed E-state index contributed by atoms with van der Waals surface area (Å²) in [4.78, 5) is 7.19. The molecule has 0 radical (unpaired) electrons. The van der Waals surface area contributed by atoms with E-state index >= 15 is 0 Å². The molecule has 2 atom stereocenters. The Morgan fingerprint density at radius 3 is 1.15 bits per heavy atom. The van der Waals surface area contributed by atoms with Crippen LogP contribution >= 0.6 is 0 Å². The monoisotopic (exact) mass is 1040 g/mol. The van der Waals surface area contributed by atoms with Crippen molar-refractivity contribution in [3.05, 3.63) is 271 Å². The van der Waals surface area contributed by atoms with E-state index in [-0.39, 0.29) is 0 Å². The van der Waals surface area contributed by atoms with Crippen molar-refractivity contribution in [1.82, 2.24) is 4.48 Å². The lowest BCUT2D eigenvalue weighted by Gasteiger charge is -2.37. The average Bonchev–Trinajstić information content (AvgIpc) is 2.40. The molecule has 2 aliphatic carbocycles. The van der Waals surface area contributed by atoms with Gasteiger partial charge in [0.05, 0.1) is 39.5 Å². The highest BCUT2D eigenvalue weighted by Gasteiger charge is 2.69. The van der Waals surface area contributed by atoms with Crippen LogP contribution in [0.25, 0.3) is 33.4 Å². The molecule has 0 saturated heterocycles. The number of quaternary nitrogens is 1. The van der Waals surface area contributed by atoms with Crippen LogP contribution < -0.4 is 38.1 Å². The van der Waals surface area contributed by atoms with E-state index in [1.165, 1.54) is 55.9 Å². The zero-order valence-corrected chi connectivity index (χ0v) is 43.1. The fourth-order valence-corrected chi connectivity index (χ4v) is 15.0. The predicted molar refractivity (Wildman–Crippen MR) is 320 cm³/mol. The molecule has 0 saturated carbocycles. The average molecular weight is 1040 g/mol. The first-order valence-corrected chi connectivity index (χ1v) is 27.6. The molecule has 0 aromatic heterocycles. The Hall–Kier alpha value is -10.8. The zero-order chi connectivity index (χ0) is 52.4. The zero-order valence-electron chi connectivity index (χ0n) is 43.1. The van der Waals surface area contributed by atoms with Crippen molar-refractivity contribution < 1.29 is 18.9 Å². The summed E-state index contributed by atoms with van der Waals surface area (Å²) < 4.78 is 27.6. The molecule has 20 rings (SSSR count). The van der Waals surface area contributed by atoms with Gasteiger partial charge in [-0.15, -0.1) is 0 Å². The molecule has 12 aromatic carbocycles. The second-order valence-electron chi connectivity index (χ2n) is 22.1. The van der Waals surface area contributed by atoms with E-state index in [9.17, 15) is 0 Å². The van der Waals surface area contributed by atoms with Crippen LogP contribution in [0, 0.1) is 0 Å². The molecule has 8 nitrogen and oxygen atoms in total. The van der Waals surface area contributed by atoms with Gasteiger partial charge in [0.25, 0.3) is 0 Å². The topological polar surface area (TPSA) is 46.6 Å². The second-order valence-corrected chi connectivity index (χ2v) is 22.1. The minimum Gasteiger partial charge on any atom is -0.453 e. The lowest BCUT2D eigenvalue weighted by Crippen LogP contribution is -2.29. The normalized spacial score (nSPS) is 17.8. The third kappa shape index (κ3) is 5.11. The number of ether oxygens (including phenoxy) is 4. The molecule has 0 fully saturated rings. The van der Waals surface area contributed by atoms with Crippen LogP contribution in [0.15, 0.2) is 249 Å². The summed E-state index contributed by atoms with van der Waals surface area (Å²) >= 11 is 0. The molecule has 6 aliphatic heterocycles. The summed E-state index contributed by atoms with van der Waals surface area (Å²) in [6, 6.07) is 90.5. The van der Waals surface area contributed by atoms with Crippen LogP contribution in [0.2, 0.25) is 0 Å². The van der Waals surface area contributed by atoms with E-state index in [1.54, 1.807) is 0 Å². The van der Waals surface area contributed by atoms with E-state index in [1.807, 2.05) is 0 Å². The lowest BCUT2D eigenvalue weighted by atomic mass is 9.70. The van der Waals surface area contributed by atoms with Gasteiger partial charge in [-0.3, -0.25) is 0 Å². The van der Waals surface area contributed by atoms with Crippen molar-refractivity contribution in [2.75, 3.05) is 14.7 Å². The number of fused-ring (bicyclic) bond motifs is 16. The van der Waals surface area contributed by atoms with Gasteiger partial charge in [0.15, 0.2) is 57.4 Å². The molecule has 6 bridgehead atoms. The quantitative estimate of drug-likeness (QED) is 0.126. The van der Waals surface area contributed by atoms with E-state index in [0.29, 0.717) is 4.48 Å². The summed E-state index contributed by atoms with van der Waals surface area (Å²) in [5, 5.41) is 0. The fraction of sp³-hybridized carbons (Fsp3) is 0.0137. The Bertz CT molecular complexity index is 4710. The smallest absolute Gasteiger partial charge is 0.216 e. The van der Waals surface area contributed by atoms with Gasteiger partial charge in [0.2, 0.25) is 11.4 Å². The predicted octanol–water partition coefficient (Wildman–Crippen LogP) is 20.5. The number of benzene rings is 12. The van der Waals surface area contributed by atoms with Crippen LogP contribution in [0.5, 0.6) is 46.0 Å². The summed E-state index contributed by atoms with van der Waals surface area (Å²) in [6.07, 6.45) is 0. The standard InChI is InChI=1S/C73H41N4O4/c1-7-19-63-54(13-1)74(55-14-2-8-20-64(55)78-63)44-27-30-47-48-31-28-46-41-52(48)73(51(47)39-44)53-40-45(75-56-15-3-9-21-65(56)79-66-22-10-4-16-57(66)75)29-32-49(53)50-33-34-61-72(71(50)73)77(61)60-18-6-12-24-69(60)81-70-36-26-43(38-62(70)77)42-25-35-68-59(37-42)76(46)58-17-5-11-23-67(58)80-68/h1-41H/q+1. The van der Waals surface area contributed by atoms with Crippen LogP contribution in [0.4, 0.5) is 73.9 Å².